The highest BCUT2D eigenvalue weighted by atomic mass is 32.2. The van der Waals surface area contributed by atoms with Gasteiger partial charge in [-0.1, -0.05) is 23.1 Å². The van der Waals surface area contributed by atoms with E-state index in [1.807, 2.05) is 17.6 Å². The lowest BCUT2D eigenvalue weighted by atomic mass is 9.83. The third kappa shape index (κ3) is 2.50. The molecule has 3 N–H and O–H groups in total. The molecule has 0 aromatic carbocycles. The van der Waals surface area contributed by atoms with Gasteiger partial charge in [0.2, 0.25) is 15.8 Å². The number of amides is 2. The number of β-lactam (4-membered cyclic amide) rings is 1. The third-order valence-corrected chi connectivity index (χ3v) is 7.92. The molecule has 0 bridgehead atoms. The van der Waals surface area contributed by atoms with Crippen molar-refractivity contribution in [2.24, 2.45) is 11.7 Å². The van der Waals surface area contributed by atoms with E-state index in [9.17, 15) is 24.6 Å². The molecule has 154 valence electrons. The zero-order valence-electron chi connectivity index (χ0n) is 16.3. The lowest BCUT2D eigenvalue weighted by Gasteiger charge is -2.45. The summed E-state index contributed by atoms with van der Waals surface area (Å²) in [4.78, 5) is 39.0. The number of nitrogens with two attached hydrogens (primary N) is 1. The number of nitrogens with zero attached hydrogens (tertiary/aromatic N) is 3. The zero-order valence-corrected chi connectivity index (χ0v) is 17.9. The predicted octanol–water partition coefficient (Wildman–Crippen LogP) is -0.374. The molecule has 2 aliphatic rings. The molecule has 3 atom stereocenters. The minimum absolute atomic E-state index is 0.129. The Morgan fingerprint density at radius 1 is 1.41 bits per heavy atom. The molecule has 0 aliphatic carbocycles. The van der Waals surface area contributed by atoms with Gasteiger partial charge < -0.3 is 25.6 Å². The predicted molar refractivity (Wildman–Crippen MR) is 104 cm³/mol. The van der Waals surface area contributed by atoms with Crippen LogP contribution < -0.4 is 15.2 Å². The Morgan fingerprint density at radius 3 is 2.59 bits per heavy atom. The molecule has 0 unspecified atom stereocenters. The van der Waals surface area contributed by atoms with Crippen LogP contribution in [0.15, 0.2) is 10.7 Å². The molecule has 2 aromatic heterocycles. The SMILES string of the molecule is CSc1c2sc(C3=C(C(=O)[O-])N4C(=O)[C@H]([C@@H](C)O)[C@H]4C3)c(C)[n+]2c(C)n1C(N)=O. The summed E-state index contributed by atoms with van der Waals surface area (Å²) in [7, 11) is 0. The number of fused-ring (bicyclic) bond motifs is 2. The molecular formula is C18H20N4O5S2. The molecule has 0 saturated carbocycles. The number of imidazole rings is 1. The summed E-state index contributed by atoms with van der Waals surface area (Å²) in [6.45, 7) is 5.14. The Hall–Kier alpha value is -2.37. The quantitative estimate of drug-likeness (QED) is 0.382. The average molecular weight is 437 g/mol. The molecule has 2 aliphatic heterocycles. The van der Waals surface area contributed by atoms with E-state index >= 15 is 0 Å². The number of thiazole rings is 1. The number of carboxylic acids is 1. The number of primary amides is 1. The van der Waals surface area contributed by atoms with Crippen molar-refractivity contribution >= 4 is 51.4 Å². The molecular weight excluding hydrogens is 416 g/mol. The minimum Gasteiger partial charge on any atom is -0.543 e. The number of aromatic nitrogens is 2. The lowest BCUT2D eigenvalue weighted by Crippen LogP contribution is -2.62. The maximum atomic E-state index is 12.4. The fourth-order valence-electron chi connectivity index (χ4n) is 4.52. The highest BCUT2D eigenvalue weighted by Crippen LogP contribution is 2.48. The second-order valence-corrected chi connectivity index (χ2v) is 9.04. The summed E-state index contributed by atoms with van der Waals surface area (Å²) in [6.07, 6.45) is 1.31. The van der Waals surface area contributed by atoms with E-state index in [1.54, 1.807) is 6.92 Å². The van der Waals surface area contributed by atoms with Gasteiger partial charge in [0.25, 0.3) is 5.82 Å². The Labute approximate surface area is 174 Å². The molecule has 4 heterocycles. The molecule has 0 spiro atoms. The van der Waals surface area contributed by atoms with Crippen molar-refractivity contribution in [3.05, 3.63) is 22.1 Å². The van der Waals surface area contributed by atoms with Gasteiger partial charge >= 0.3 is 6.03 Å². The lowest BCUT2D eigenvalue weighted by molar-refractivity contribution is -0.523. The molecule has 1 fully saturated rings. The van der Waals surface area contributed by atoms with Gasteiger partial charge in [-0.3, -0.25) is 4.79 Å². The average Bonchev–Trinajstić information content (AvgIpc) is 3.22. The number of hydrogen-bond donors (Lipinski definition) is 2. The van der Waals surface area contributed by atoms with Crippen LogP contribution in [-0.4, -0.2) is 50.9 Å². The smallest absolute Gasteiger partial charge is 0.411 e. The molecule has 4 rings (SSSR count). The van der Waals surface area contributed by atoms with Crippen LogP contribution in [0.4, 0.5) is 4.79 Å². The first-order valence-electron chi connectivity index (χ1n) is 8.98. The molecule has 0 radical (unpaired) electrons. The van der Waals surface area contributed by atoms with Crippen LogP contribution in [0.5, 0.6) is 0 Å². The summed E-state index contributed by atoms with van der Waals surface area (Å²) in [6, 6.07) is -0.975. The number of carbonyl (C=O) groups is 3. The summed E-state index contributed by atoms with van der Waals surface area (Å²) in [5.74, 6) is -1.81. The first-order valence-corrected chi connectivity index (χ1v) is 11.0. The fraction of sp³-hybridized carbons (Fsp3) is 0.444. The Kier molecular flexibility index (Phi) is 4.52. The topological polar surface area (TPSA) is 133 Å². The standard InChI is InChI=1S/C18H20N4O5S2/c1-6-13(29-16-15(28-4)21(18(19)27)8(3)20(6)16)9-5-10-11(7(2)23)14(24)22(10)12(9)17(25)26/h7,10-11,23H,5H2,1-4H3,(H2-,19,25,26,27)/t7-,10-,11-/m1/s1. The van der Waals surface area contributed by atoms with E-state index in [0.29, 0.717) is 22.8 Å². The molecule has 9 nitrogen and oxygen atoms in total. The van der Waals surface area contributed by atoms with E-state index in [2.05, 4.69) is 0 Å². The van der Waals surface area contributed by atoms with Gasteiger partial charge in [0.05, 0.1) is 34.6 Å². The minimum atomic E-state index is -1.41. The van der Waals surface area contributed by atoms with Gasteiger partial charge in [0.1, 0.15) is 5.69 Å². The highest BCUT2D eigenvalue weighted by Gasteiger charge is 2.56. The Balaban J connectivity index is 1.91. The van der Waals surface area contributed by atoms with Gasteiger partial charge in [-0.25, -0.2) is 4.79 Å². The van der Waals surface area contributed by atoms with Crippen LogP contribution in [0, 0.1) is 19.8 Å². The van der Waals surface area contributed by atoms with Crippen molar-refractivity contribution < 1.29 is 29.0 Å². The van der Waals surface area contributed by atoms with Crippen molar-refractivity contribution in [1.82, 2.24) is 9.47 Å². The Bertz CT molecular complexity index is 1130. The summed E-state index contributed by atoms with van der Waals surface area (Å²) < 4.78 is 3.30. The largest absolute Gasteiger partial charge is 0.543 e. The van der Waals surface area contributed by atoms with Crippen molar-refractivity contribution in [2.75, 3.05) is 6.26 Å². The van der Waals surface area contributed by atoms with Crippen LogP contribution in [0.3, 0.4) is 0 Å². The van der Waals surface area contributed by atoms with Crippen molar-refractivity contribution in [3.8, 4) is 0 Å². The van der Waals surface area contributed by atoms with Crippen LogP contribution in [0.1, 0.15) is 29.7 Å². The summed E-state index contributed by atoms with van der Waals surface area (Å²) in [5, 5.41) is 22.5. The summed E-state index contributed by atoms with van der Waals surface area (Å²) >= 11 is 2.73. The summed E-state index contributed by atoms with van der Waals surface area (Å²) in [5.41, 5.74) is 6.68. The Morgan fingerprint density at radius 2 is 2.07 bits per heavy atom. The molecule has 2 amide bonds. The van der Waals surface area contributed by atoms with Crippen molar-refractivity contribution in [2.45, 2.75) is 44.4 Å². The molecule has 29 heavy (non-hydrogen) atoms. The molecule has 1 saturated heterocycles. The van der Waals surface area contributed by atoms with Crippen molar-refractivity contribution in [1.29, 1.82) is 0 Å². The monoisotopic (exact) mass is 436 g/mol. The number of aliphatic carboxylic acids is 1. The number of carbonyl (C=O) groups excluding carboxylic acids is 3. The fourth-order valence-corrected chi connectivity index (χ4v) is 6.84. The van der Waals surface area contributed by atoms with Gasteiger partial charge in [-0.15, -0.1) is 4.57 Å². The third-order valence-electron chi connectivity index (χ3n) is 5.71. The molecule has 11 heteroatoms. The van der Waals surface area contributed by atoms with E-state index < -0.39 is 29.9 Å². The highest BCUT2D eigenvalue weighted by molar-refractivity contribution is 7.98. The normalized spacial score (nSPS) is 22.2. The van der Waals surface area contributed by atoms with Crippen molar-refractivity contribution in [3.63, 3.8) is 0 Å². The maximum Gasteiger partial charge on any atom is 0.411 e. The van der Waals surface area contributed by atoms with Crippen LogP contribution >= 0.6 is 23.1 Å². The molecule has 2 aromatic rings. The van der Waals surface area contributed by atoms with Crippen LogP contribution in [0.25, 0.3) is 10.4 Å². The maximum absolute atomic E-state index is 12.4. The van der Waals surface area contributed by atoms with E-state index in [-0.39, 0.29) is 11.7 Å². The van der Waals surface area contributed by atoms with E-state index in [1.165, 1.54) is 39.5 Å². The number of aliphatic hydroxyl groups is 1. The van der Waals surface area contributed by atoms with Gasteiger partial charge in [-0.05, 0) is 26.5 Å². The zero-order chi connectivity index (χ0) is 21.4. The number of carboxylic acid groups (broad SMARTS) is 1. The van der Waals surface area contributed by atoms with Gasteiger partial charge in [-0.2, -0.15) is 4.40 Å². The number of hydrogen-bond acceptors (Lipinski definition) is 7. The van der Waals surface area contributed by atoms with E-state index in [4.69, 9.17) is 5.73 Å². The number of thioether (sulfide) groups is 1. The van der Waals surface area contributed by atoms with Crippen LogP contribution in [0.2, 0.25) is 0 Å². The second-order valence-electron chi connectivity index (χ2n) is 7.25. The second kappa shape index (κ2) is 6.57. The van der Waals surface area contributed by atoms with Crippen LogP contribution in [-0.2, 0) is 9.59 Å². The van der Waals surface area contributed by atoms with E-state index in [0.717, 1.165) is 15.4 Å². The first-order chi connectivity index (χ1) is 13.6. The number of aryl methyl sites for hydroxylation is 2. The van der Waals surface area contributed by atoms with Gasteiger partial charge in [0.15, 0.2) is 0 Å². The van der Waals surface area contributed by atoms with Gasteiger partial charge in [0, 0.05) is 12.5 Å². The number of rotatable bonds is 4. The first kappa shape index (κ1) is 19.9. The number of aliphatic hydroxyl groups excluding tert-OH is 1.